The Labute approximate surface area is 126 Å². The molecule has 2 N–H and O–H groups in total. The fraction of sp³-hybridized carbons (Fsp3) is 0.615. The molecule has 1 amide bonds. The molecular weight excluding hydrogens is 328 g/mol. The van der Waals surface area contributed by atoms with Crippen molar-refractivity contribution in [3.8, 4) is 0 Å². The smallest absolute Gasteiger partial charge is 0.227 e. The highest BCUT2D eigenvalue weighted by atomic mass is 79.9. The molecule has 19 heavy (non-hydrogen) atoms. The highest BCUT2D eigenvalue weighted by Crippen LogP contribution is 2.20. The normalized spacial score (nSPS) is 22.6. The lowest BCUT2D eigenvalue weighted by Crippen LogP contribution is -2.43. The maximum atomic E-state index is 12.2. The second-order valence-corrected chi connectivity index (χ2v) is 6.57. The monoisotopic (exact) mass is 346 g/mol. The second-order valence-electron chi connectivity index (χ2n) is 4.65. The minimum absolute atomic E-state index is 0.0741. The Hall–Kier alpha value is -0.430. The molecule has 1 aliphatic rings. The van der Waals surface area contributed by atoms with E-state index >= 15 is 0 Å². The molecule has 0 saturated carbocycles. The van der Waals surface area contributed by atoms with Gasteiger partial charge in [0.15, 0.2) is 0 Å². The number of carbonyl (C=O) groups is 1. The van der Waals surface area contributed by atoms with Crippen LogP contribution < -0.4 is 10.6 Å². The van der Waals surface area contributed by atoms with Crippen LogP contribution in [0, 0.1) is 5.92 Å². The van der Waals surface area contributed by atoms with Crippen LogP contribution in [0.5, 0.6) is 0 Å². The number of carbonyl (C=O) groups excluding carboxylic acids is 1. The lowest BCUT2D eigenvalue weighted by molar-refractivity contribution is -0.125. The van der Waals surface area contributed by atoms with Gasteiger partial charge in [0.05, 0.1) is 25.7 Å². The Balaban J connectivity index is 1.81. The number of rotatable bonds is 6. The van der Waals surface area contributed by atoms with Crippen LogP contribution in [0.3, 0.4) is 0 Å². The van der Waals surface area contributed by atoms with Crippen LogP contribution in [-0.4, -0.2) is 31.7 Å². The average Bonchev–Trinajstić information content (AvgIpc) is 3.02. The van der Waals surface area contributed by atoms with E-state index in [4.69, 9.17) is 4.74 Å². The summed E-state index contributed by atoms with van der Waals surface area (Å²) in [4.78, 5) is 13.3. The number of amides is 1. The van der Waals surface area contributed by atoms with Crippen molar-refractivity contribution in [2.24, 2.45) is 5.92 Å². The molecule has 1 aliphatic heterocycles. The van der Waals surface area contributed by atoms with Crippen molar-refractivity contribution in [2.45, 2.75) is 25.9 Å². The van der Waals surface area contributed by atoms with Crippen LogP contribution in [0.2, 0.25) is 0 Å². The maximum Gasteiger partial charge on any atom is 0.227 e. The SMILES string of the molecule is CCCNC1COCC1C(=O)NCc1cc(Br)cs1. The molecule has 0 radical (unpaired) electrons. The predicted molar refractivity (Wildman–Crippen MR) is 80.3 cm³/mol. The number of ether oxygens (including phenoxy) is 1. The van der Waals surface area contributed by atoms with E-state index in [0.717, 1.165) is 22.3 Å². The third-order valence-corrected chi connectivity index (χ3v) is 4.83. The molecule has 106 valence electrons. The number of nitrogens with one attached hydrogen (secondary N) is 2. The quantitative estimate of drug-likeness (QED) is 0.829. The highest BCUT2D eigenvalue weighted by molar-refractivity contribution is 9.10. The summed E-state index contributed by atoms with van der Waals surface area (Å²) in [5.41, 5.74) is 0. The fourth-order valence-corrected chi connectivity index (χ4v) is 3.49. The van der Waals surface area contributed by atoms with Crippen LogP contribution in [0.25, 0.3) is 0 Å². The number of halogens is 1. The second kappa shape index (κ2) is 7.38. The average molecular weight is 347 g/mol. The van der Waals surface area contributed by atoms with Crippen molar-refractivity contribution in [1.29, 1.82) is 0 Å². The van der Waals surface area contributed by atoms with Gasteiger partial charge in [-0.3, -0.25) is 4.79 Å². The van der Waals surface area contributed by atoms with Gasteiger partial charge in [0.25, 0.3) is 0 Å². The molecule has 1 aromatic rings. The minimum Gasteiger partial charge on any atom is -0.379 e. The largest absolute Gasteiger partial charge is 0.379 e. The number of hydrogen-bond acceptors (Lipinski definition) is 4. The van der Waals surface area contributed by atoms with Gasteiger partial charge in [-0.25, -0.2) is 0 Å². The first-order chi connectivity index (χ1) is 9.20. The molecule has 0 aromatic carbocycles. The molecule has 1 fully saturated rings. The lowest BCUT2D eigenvalue weighted by Gasteiger charge is -2.18. The molecule has 0 bridgehead atoms. The Bertz CT molecular complexity index is 425. The van der Waals surface area contributed by atoms with Crippen molar-refractivity contribution in [1.82, 2.24) is 10.6 Å². The standard InChI is InChI=1S/C13H19BrN2O2S/c1-2-3-15-12-7-18-6-11(12)13(17)16-5-10-4-9(14)8-19-10/h4,8,11-12,15H,2-3,5-7H2,1H3,(H,16,17). The third kappa shape index (κ3) is 4.27. The summed E-state index contributed by atoms with van der Waals surface area (Å²) < 4.78 is 6.48. The van der Waals surface area contributed by atoms with E-state index < -0.39 is 0 Å². The van der Waals surface area contributed by atoms with Gasteiger partial charge in [-0.2, -0.15) is 0 Å². The van der Waals surface area contributed by atoms with Gasteiger partial charge >= 0.3 is 0 Å². The molecule has 2 atom stereocenters. The predicted octanol–water partition coefficient (Wildman–Crippen LogP) is 2.14. The molecule has 2 rings (SSSR count). The third-order valence-electron chi connectivity index (χ3n) is 3.13. The van der Waals surface area contributed by atoms with E-state index in [1.807, 2.05) is 11.4 Å². The summed E-state index contributed by atoms with van der Waals surface area (Å²) in [5, 5.41) is 8.38. The fourth-order valence-electron chi connectivity index (χ4n) is 2.10. The number of hydrogen-bond donors (Lipinski definition) is 2. The van der Waals surface area contributed by atoms with Crippen LogP contribution in [0.1, 0.15) is 18.2 Å². The summed E-state index contributed by atoms with van der Waals surface area (Å²) >= 11 is 5.05. The van der Waals surface area contributed by atoms with Gasteiger partial charge in [-0.1, -0.05) is 6.92 Å². The minimum atomic E-state index is -0.0741. The molecule has 0 aliphatic carbocycles. The molecule has 1 aromatic heterocycles. The van der Waals surface area contributed by atoms with Crippen LogP contribution in [0.4, 0.5) is 0 Å². The Morgan fingerprint density at radius 3 is 3.11 bits per heavy atom. The molecule has 0 spiro atoms. The summed E-state index contributed by atoms with van der Waals surface area (Å²) in [7, 11) is 0. The molecule has 2 unspecified atom stereocenters. The van der Waals surface area contributed by atoms with Gasteiger partial charge in [0, 0.05) is 20.8 Å². The topological polar surface area (TPSA) is 50.4 Å². The van der Waals surface area contributed by atoms with E-state index in [2.05, 4.69) is 33.5 Å². The number of thiophene rings is 1. The molecule has 4 nitrogen and oxygen atoms in total. The first-order valence-electron chi connectivity index (χ1n) is 6.52. The summed E-state index contributed by atoms with van der Waals surface area (Å²) in [6, 6.07) is 2.18. The van der Waals surface area contributed by atoms with Crippen LogP contribution in [0.15, 0.2) is 15.9 Å². The van der Waals surface area contributed by atoms with Crippen molar-refractivity contribution < 1.29 is 9.53 Å². The zero-order valence-corrected chi connectivity index (χ0v) is 13.4. The van der Waals surface area contributed by atoms with E-state index in [-0.39, 0.29) is 17.9 Å². The first-order valence-corrected chi connectivity index (χ1v) is 8.19. The molecule has 6 heteroatoms. The molecular formula is C13H19BrN2O2S. The molecule has 1 saturated heterocycles. The Morgan fingerprint density at radius 1 is 1.58 bits per heavy atom. The lowest BCUT2D eigenvalue weighted by atomic mass is 10.0. The summed E-state index contributed by atoms with van der Waals surface area (Å²) in [6.45, 7) is 4.78. The van der Waals surface area contributed by atoms with Crippen molar-refractivity contribution in [3.63, 3.8) is 0 Å². The maximum absolute atomic E-state index is 12.2. The van der Waals surface area contributed by atoms with Gasteiger partial charge in [-0.15, -0.1) is 11.3 Å². The zero-order chi connectivity index (χ0) is 13.7. The van der Waals surface area contributed by atoms with Gasteiger partial charge in [0.1, 0.15) is 0 Å². The van der Waals surface area contributed by atoms with E-state index in [1.165, 1.54) is 0 Å². The van der Waals surface area contributed by atoms with Crippen molar-refractivity contribution >= 4 is 33.2 Å². The van der Waals surface area contributed by atoms with Gasteiger partial charge in [-0.05, 0) is 35.0 Å². The van der Waals surface area contributed by atoms with Gasteiger partial charge in [0.2, 0.25) is 5.91 Å². The Morgan fingerprint density at radius 2 is 2.42 bits per heavy atom. The summed E-state index contributed by atoms with van der Waals surface area (Å²) in [6.07, 6.45) is 1.06. The van der Waals surface area contributed by atoms with Crippen LogP contribution in [-0.2, 0) is 16.1 Å². The van der Waals surface area contributed by atoms with Crippen molar-refractivity contribution in [3.05, 3.63) is 20.8 Å². The van der Waals surface area contributed by atoms with E-state index in [0.29, 0.717) is 19.8 Å². The van der Waals surface area contributed by atoms with E-state index in [1.54, 1.807) is 11.3 Å². The Kier molecular flexibility index (Phi) is 5.81. The van der Waals surface area contributed by atoms with Gasteiger partial charge < -0.3 is 15.4 Å². The highest BCUT2D eigenvalue weighted by Gasteiger charge is 2.33. The van der Waals surface area contributed by atoms with Crippen LogP contribution >= 0.6 is 27.3 Å². The van der Waals surface area contributed by atoms with E-state index in [9.17, 15) is 4.79 Å². The molecule has 2 heterocycles. The van der Waals surface area contributed by atoms with Crippen molar-refractivity contribution in [2.75, 3.05) is 19.8 Å². The zero-order valence-electron chi connectivity index (χ0n) is 10.9. The summed E-state index contributed by atoms with van der Waals surface area (Å²) in [5.74, 6) is 0.00517. The first kappa shape index (κ1) is 15.0.